The Kier molecular flexibility index (Phi) is 5.37. The Morgan fingerprint density at radius 1 is 1.27 bits per heavy atom. The van der Waals surface area contributed by atoms with Crippen LogP contribution in [0.15, 0.2) is 24.3 Å². The SMILES string of the molecule is CC(CCN)c1ccc(CCCO)cc1. The second kappa shape index (κ2) is 6.59. The van der Waals surface area contributed by atoms with Crippen LogP contribution in [0.3, 0.4) is 0 Å². The van der Waals surface area contributed by atoms with Gasteiger partial charge in [0.05, 0.1) is 0 Å². The third-order valence-electron chi connectivity index (χ3n) is 2.77. The predicted molar refractivity (Wildman–Crippen MR) is 63.9 cm³/mol. The number of aliphatic hydroxyl groups excluding tert-OH is 1. The van der Waals surface area contributed by atoms with Gasteiger partial charge in [-0.1, -0.05) is 31.2 Å². The molecule has 1 atom stereocenters. The molecular formula is C13H21NO. The van der Waals surface area contributed by atoms with E-state index >= 15 is 0 Å². The summed E-state index contributed by atoms with van der Waals surface area (Å²) in [6.45, 7) is 3.22. The van der Waals surface area contributed by atoms with E-state index in [1.807, 2.05) is 0 Å². The van der Waals surface area contributed by atoms with Crippen LogP contribution < -0.4 is 5.73 Å². The molecule has 3 N–H and O–H groups in total. The first-order valence-electron chi connectivity index (χ1n) is 5.67. The molecule has 84 valence electrons. The van der Waals surface area contributed by atoms with Crippen molar-refractivity contribution >= 4 is 0 Å². The molecule has 0 radical (unpaired) electrons. The highest BCUT2D eigenvalue weighted by Crippen LogP contribution is 2.18. The molecule has 0 bridgehead atoms. The summed E-state index contributed by atoms with van der Waals surface area (Å²) >= 11 is 0. The maximum absolute atomic E-state index is 8.73. The van der Waals surface area contributed by atoms with Crippen LogP contribution in [0, 0.1) is 0 Å². The first-order valence-corrected chi connectivity index (χ1v) is 5.67. The molecule has 15 heavy (non-hydrogen) atoms. The standard InChI is InChI=1S/C13H21NO/c1-11(8-9-14)13-6-4-12(5-7-13)3-2-10-15/h4-7,11,15H,2-3,8-10,14H2,1H3. The fraction of sp³-hybridized carbons (Fsp3) is 0.538. The molecule has 0 saturated heterocycles. The van der Waals surface area contributed by atoms with Gasteiger partial charge in [0, 0.05) is 6.61 Å². The van der Waals surface area contributed by atoms with Gasteiger partial charge < -0.3 is 10.8 Å². The highest BCUT2D eigenvalue weighted by Gasteiger charge is 2.03. The van der Waals surface area contributed by atoms with Gasteiger partial charge in [-0.25, -0.2) is 0 Å². The number of rotatable bonds is 6. The Bertz CT molecular complexity index is 268. The highest BCUT2D eigenvalue weighted by molar-refractivity contribution is 5.25. The molecule has 0 aromatic heterocycles. The normalized spacial score (nSPS) is 12.7. The third-order valence-corrected chi connectivity index (χ3v) is 2.77. The van der Waals surface area contributed by atoms with Gasteiger partial charge in [0.15, 0.2) is 0 Å². The van der Waals surface area contributed by atoms with E-state index in [1.165, 1.54) is 11.1 Å². The van der Waals surface area contributed by atoms with E-state index in [0.29, 0.717) is 5.92 Å². The predicted octanol–water partition coefficient (Wildman–Crippen LogP) is 2.06. The lowest BCUT2D eigenvalue weighted by Gasteiger charge is -2.10. The minimum Gasteiger partial charge on any atom is -0.396 e. The number of aryl methyl sites for hydroxylation is 1. The van der Waals surface area contributed by atoms with Crippen molar-refractivity contribution < 1.29 is 5.11 Å². The smallest absolute Gasteiger partial charge is 0.0434 e. The van der Waals surface area contributed by atoms with Crippen molar-refractivity contribution in [2.45, 2.75) is 32.1 Å². The topological polar surface area (TPSA) is 46.2 Å². The van der Waals surface area contributed by atoms with Crippen molar-refractivity contribution in [3.05, 3.63) is 35.4 Å². The maximum atomic E-state index is 8.73. The van der Waals surface area contributed by atoms with Gasteiger partial charge in [0.2, 0.25) is 0 Å². The van der Waals surface area contributed by atoms with Gasteiger partial charge in [-0.2, -0.15) is 0 Å². The van der Waals surface area contributed by atoms with Crippen LogP contribution in [-0.4, -0.2) is 18.3 Å². The minimum atomic E-state index is 0.269. The molecule has 0 aliphatic carbocycles. The van der Waals surface area contributed by atoms with Crippen molar-refractivity contribution in [3.8, 4) is 0 Å². The summed E-state index contributed by atoms with van der Waals surface area (Å²) in [7, 11) is 0. The quantitative estimate of drug-likeness (QED) is 0.750. The van der Waals surface area contributed by atoms with E-state index in [2.05, 4.69) is 31.2 Å². The summed E-state index contributed by atoms with van der Waals surface area (Å²) in [5, 5.41) is 8.73. The zero-order valence-electron chi connectivity index (χ0n) is 9.45. The van der Waals surface area contributed by atoms with E-state index in [9.17, 15) is 0 Å². The van der Waals surface area contributed by atoms with E-state index < -0.39 is 0 Å². The number of hydrogen-bond acceptors (Lipinski definition) is 2. The monoisotopic (exact) mass is 207 g/mol. The molecule has 1 unspecified atom stereocenters. The van der Waals surface area contributed by atoms with Crippen LogP contribution in [0.25, 0.3) is 0 Å². The molecule has 0 saturated carbocycles. The van der Waals surface area contributed by atoms with E-state index in [4.69, 9.17) is 10.8 Å². The van der Waals surface area contributed by atoms with Gasteiger partial charge in [-0.15, -0.1) is 0 Å². The minimum absolute atomic E-state index is 0.269. The van der Waals surface area contributed by atoms with E-state index in [-0.39, 0.29) is 6.61 Å². The average Bonchev–Trinajstić information content (AvgIpc) is 2.27. The van der Waals surface area contributed by atoms with Crippen LogP contribution in [-0.2, 0) is 6.42 Å². The van der Waals surface area contributed by atoms with Gasteiger partial charge >= 0.3 is 0 Å². The van der Waals surface area contributed by atoms with Gasteiger partial charge in [-0.3, -0.25) is 0 Å². The fourth-order valence-electron chi connectivity index (χ4n) is 1.71. The molecule has 0 amide bonds. The molecule has 1 aromatic carbocycles. The molecule has 2 heteroatoms. The van der Waals surface area contributed by atoms with Gasteiger partial charge in [0.1, 0.15) is 0 Å². The Morgan fingerprint density at radius 3 is 2.47 bits per heavy atom. The maximum Gasteiger partial charge on any atom is 0.0434 e. The Balaban J connectivity index is 2.55. The molecule has 0 fully saturated rings. The van der Waals surface area contributed by atoms with Crippen LogP contribution in [0.2, 0.25) is 0 Å². The van der Waals surface area contributed by atoms with Crippen LogP contribution in [0.5, 0.6) is 0 Å². The van der Waals surface area contributed by atoms with Crippen molar-refractivity contribution in [3.63, 3.8) is 0 Å². The lowest BCUT2D eigenvalue weighted by atomic mass is 9.96. The van der Waals surface area contributed by atoms with Crippen LogP contribution in [0.1, 0.15) is 36.8 Å². The zero-order chi connectivity index (χ0) is 11.1. The summed E-state index contributed by atoms with van der Waals surface area (Å²) in [6.07, 6.45) is 2.84. The second-order valence-corrected chi connectivity index (χ2v) is 4.05. The lowest BCUT2D eigenvalue weighted by Crippen LogP contribution is -2.04. The largest absolute Gasteiger partial charge is 0.396 e. The summed E-state index contributed by atoms with van der Waals surface area (Å²) in [4.78, 5) is 0. The summed E-state index contributed by atoms with van der Waals surface area (Å²) in [5.41, 5.74) is 8.19. The Labute approximate surface area is 92.1 Å². The summed E-state index contributed by atoms with van der Waals surface area (Å²) < 4.78 is 0. The van der Waals surface area contributed by atoms with Crippen molar-refractivity contribution in [2.24, 2.45) is 5.73 Å². The number of benzene rings is 1. The number of aliphatic hydroxyl groups is 1. The first kappa shape index (κ1) is 12.2. The highest BCUT2D eigenvalue weighted by atomic mass is 16.2. The van der Waals surface area contributed by atoms with Crippen LogP contribution in [0.4, 0.5) is 0 Å². The second-order valence-electron chi connectivity index (χ2n) is 4.05. The van der Waals surface area contributed by atoms with Crippen molar-refractivity contribution in [2.75, 3.05) is 13.2 Å². The summed E-state index contributed by atoms with van der Waals surface area (Å²) in [5.74, 6) is 0.543. The Hall–Kier alpha value is -0.860. The van der Waals surface area contributed by atoms with Gasteiger partial charge in [-0.05, 0) is 42.9 Å². The van der Waals surface area contributed by atoms with E-state index in [1.54, 1.807) is 0 Å². The molecule has 0 spiro atoms. The van der Waals surface area contributed by atoms with Gasteiger partial charge in [0.25, 0.3) is 0 Å². The van der Waals surface area contributed by atoms with Crippen LogP contribution >= 0.6 is 0 Å². The molecule has 0 aliphatic heterocycles. The fourth-order valence-corrected chi connectivity index (χ4v) is 1.71. The number of nitrogens with two attached hydrogens (primary N) is 1. The first-order chi connectivity index (χ1) is 7.27. The van der Waals surface area contributed by atoms with E-state index in [0.717, 1.165) is 25.8 Å². The average molecular weight is 207 g/mol. The molecule has 0 aliphatic rings. The zero-order valence-corrected chi connectivity index (χ0v) is 9.45. The third kappa shape index (κ3) is 4.02. The number of hydrogen-bond donors (Lipinski definition) is 2. The summed E-state index contributed by atoms with van der Waals surface area (Å²) in [6, 6.07) is 8.65. The van der Waals surface area contributed by atoms with Crippen molar-refractivity contribution in [1.82, 2.24) is 0 Å². The molecule has 1 aromatic rings. The Morgan fingerprint density at radius 2 is 1.93 bits per heavy atom. The lowest BCUT2D eigenvalue weighted by molar-refractivity contribution is 0.288. The molecule has 0 heterocycles. The molecule has 1 rings (SSSR count). The molecule has 2 nitrogen and oxygen atoms in total. The van der Waals surface area contributed by atoms with Crippen molar-refractivity contribution in [1.29, 1.82) is 0 Å². The molecular weight excluding hydrogens is 186 g/mol.